The SMILES string of the molecule is CCCCCN.O=c1[nH]c2ccccc2c(=O)o1. The van der Waals surface area contributed by atoms with Crippen LogP contribution in [0.15, 0.2) is 38.3 Å². The Hall–Kier alpha value is -1.88. The number of rotatable bonds is 3. The van der Waals surface area contributed by atoms with E-state index in [0.29, 0.717) is 10.9 Å². The first kappa shape index (κ1) is 14.2. The zero-order valence-electron chi connectivity index (χ0n) is 10.4. The van der Waals surface area contributed by atoms with Gasteiger partial charge in [-0.2, -0.15) is 0 Å². The quantitative estimate of drug-likeness (QED) is 0.810. The highest BCUT2D eigenvalue weighted by Gasteiger charge is 1.98. The number of hydrogen-bond donors (Lipinski definition) is 2. The molecule has 0 fully saturated rings. The van der Waals surface area contributed by atoms with Crippen molar-refractivity contribution < 1.29 is 4.42 Å². The second-order valence-electron chi connectivity index (χ2n) is 3.84. The number of nitrogens with one attached hydrogen (secondary N) is 1. The fourth-order valence-corrected chi connectivity index (χ4v) is 1.44. The molecule has 5 heteroatoms. The Balaban J connectivity index is 0.000000232. The fraction of sp³-hybridized carbons (Fsp3) is 0.385. The summed E-state index contributed by atoms with van der Waals surface area (Å²) in [6.07, 6.45) is 3.75. The van der Waals surface area contributed by atoms with E-state index in [-0.39, 0.29) is 0 Å². The Morgan fingerprint density at radius 2 is 1.94 bits per heavy atom. The Morgan fingerprint density at radius 1 is 1.22 bits per heavy atom. The van der Waals surface area contributed by atoms with Crippen LogP contribution in [0.25, 0.3) is 10.9 Å². The van der Waals surface area contributed by atoms with Crippen LogP contribution in [0.4, 0.5) is 0 Å². The Bertz CT molecular complexity index is 582. The molecule has 5 nitrogen and oxygen atoms in total. The van der Waals surface area contributed by atoms with E-state index < -0.39 is 11.4 Å². The Kier molecular flexibility index (Phi) is 5.87. The minimum absolute atomic E-state index is 0.386. The van der Waals surface area contributed by atoms with E-state index in [0.717, 1.165) is 6.54 Å². The molecule has 0 unspecified atom stereocenters. The molecule has 0 saturated heterocycles. The molecule has 0 bridgehead atoms. The normalized spacial score (nSPS) is 9.89. The van der Waals surface area contributed by atoms with E-state index >= 15 is 0 Å². The summed E-state index contributed by atoms with van der Waals surface area (Å²) in [5.41, 5.74) is 5.11. The van der Waals surface area contributed by atoms with Gasteiger partial charge in [-0.25, -0.2) is 9.59 Å². The largest absolute Gasteiger partial charge is 0.419 e. The number of fused-ring (bicyclic) bond motifs is 1. The molecule has 0 aliphatic carbocycles. The summed E-state index contributed by atoms with van der Waals surface area (Å²) in [4.78, 5) is 24.1. The van der Waals surface area contributed by atoms with Gasteiger partial charge < -0.3 is 10.2 Å². The summed E-state index contributed by atoms with van der Waals surface area (Å²) in [7, 11) is 0. The number of aromatic nitrogens is 1. The third-order valence-corrected chi connectivity index (χ3v) is 2.38. The molecule has 3 N–H and O–H groups in total. The summed E-state index contributed by atoms with van der Waals surface area (Å²) in [6, 6.07) is 6.68. The van der Waals surface area contributed by atoms with Crippen LogP contribution in [-0.2, 0) is 0 Å². The number of hydrogen-bond acceptors (Lipinski definition) is 4. The first-order valence-electron chi connectivity index (χ1n) is 6.01. The van der Waals surface area contributed by atoms with Gasteiger partial charge in [-0.3, -0.25) is 4.98 Å². The van der Waals surface area contributed by atoms with Gasteiger partial charge in [-0.05, 0) is 25.1 Å². The van der Waals surface area contributed by atoms with Crippen molar-refractivity contribution in [2.24, 2.45) is 5.73 Å². The van der Waals surface area contributed by atoms with Gasteiger partial charge in [-0.1, -0.05) is 31.9 Å². The zero-order valence-corrected chi connectivity index (χ0v) is 10.4. The molecule has 18 heavy (non-hydrogen) atoms. The van der Waals surface area contributed by atoms with Gasteiger partial charge in [0.15, 0.2) is 0 Å². The van der Waals surface area contributed by atoms with Gasteiger partial charge in [0.25, 0.3) is 0 Å². The third kappa shape index (κ3) is 4.18. The van der Waals surface area contributed by atoms with Crippen LogP contribution in [0.5, 0.6) is 0 Å². The molecule has 1 aromatic carbocycles. The van der Waals surface area contributed by atoms with Crippen molar-refractivity contribution in [2.75, 3.05) is 6.54 Å². The lowest BCUT2D eigenvalue weighted by Gasteiger charge is -1.91. The number of para-hydroxylation sites is 1. The molecule has 98 valence electrons. The number of benzene rings is 1. The van der Waals surface area contributed by atoms with Gasteiger partial charge in [-0.15, -0.1) is 0 Å². The van der Waals surface area contributed by atoms with Crippen LogP contribution < -0.4 is 17.1 Å². The fourth-order valence-electron chi connectivity index (χ4n) is 1.44. The predicted molar refractivity (Wildman–Crippen MR) is 71.7 cm³/mol. The molecule has 1 heterocycles. The number of aromatic amines is 1. The first-order valence-corrected chi connectivity index (χ1v) is 6.01. The minimum atomic E-state index is -0.723. The standard InChI is InChI=1S/C8H5NO3.C5H13N/c10-7-5-3-1-2-4-6(5)9-8(11)12-7;1-2-3-4-5-6/h1-4H,(H,9,11);2-6H2,1H3. The molecule has 0 spiro atoms. The maximum absolute atomic E-state index is 11.0. The van der Waals surface area contributed by atoms with E-state index in [2.05, 4.69) is 16.3 Å². The molecule has 0 saturated carbocycles. The van der Waals surface area contributed by atoms with Gasteiger partial charge in [0.05, 0.1) is 10.9 Å². The van der Waals surface area contributed by atoms with E-state index in [9.17, 15) is 9.59 Å². The molecular formula is C13H18N2O3. The highest BCUT2D eigenvalue weighted by Crippen LogP contribution is 2.01. The molecule has 2 aromatic rings. The van der Waals surface area contributed by atoms with Crippen molar-refractivity contribution in [1.29, 1.82) is 0 Å². The second kappa shape index (κ2) is 7.45. The monoisotopic (exact) mass is 250 g/mol. The molecular weight excluding hydrogens is 232 g/mol. The lowest BCUT2D eigenvalue weighted by atomic mass is 10.2. The van der Waals surface area contributed by atoms with Crippen molar-refractivity contribution in [2.45, 2.75) is 26.2 Å². The zero-order chi connectivity index (χ0) is 13.4. The summed E-state index contributed by atoms with van der Waals surface area (Å²) in [5.74, 6) is -0.723. The van der Waals surface area contributed by atoms with E-state index in [1.165, 1.54) is 19.3 Å². The van der Waals surface area contributed by atoms with E-state index in [4.69, 9.17) is 5.73 Å². The van der Waals surface area contributed by atoms with Gasteiger partial charge in [0.1, 0.15) is 0 Å². The summed E-state index contributed by atoms with van der Waals surface area (Å²) < 4.78 is 4.32. The van der Waals surface area contributed by atoms with Crippen LogP contribution in [0.2, 0.25) is 0 Å². The Morgan fingerprint density at radius 3 is 2.56 bits per heavy atom. The van der Waals surface area contributed by atoms with Crippen molar-refractivity contribution in [3.05, 3.63) is 45.2 Å². The predicted octanol–water partition coefficient (Wildman–Crippen LogP) is 1.62. The molecule has 0 amide bonds. The highest BCUT2D eigenvalue weighted by atomic mass is 16.4. The van der Waals surface area contributed by atoms with E-state index in [1.54, 1.807) is 24.3 Å². The van der Waals surface area contributed by atoms with Gasteiger partial charge >= 0.3 is 11.4 Å². The van der Waals surface area contributed by atoms with Crippen molar-refractivity contribution in [3.8, 4) is 0 Å². The molecule has 0 aliphatic rings. The average molecular weight is 250 g/mol. The molecule has 0 aliphatic heterocycles. The Labute approximate surface area is 105 Å². The van der Waals surface area contributed by atoms with Crippen LogP contribution in [-0.4, -0.2) is 11.5 Å². The van der Waals surface area contributed by atoms with Crippen LogP contribution in [0.3, 0.4) is 0 Å². The first-order chi connectivity index (χ1) is 8.69. The highest BCUT2D eigenvalue weighted by molar-refractivity contribution is 5.76. The average Bonchev–Trinajstić information content (AvgIpc) is 2.37. The van der Waals surface area contributed by atoms with Crippen LogP contribution in [0.1, 0.15) is 26.2 Å². The maximum Gasteiger partial charge on any atom is 0.419 e. The molecule has 1 aromatic heterocycles. The summed E-state index contributed by atoms with van der Waals surface area (Å²) in [6.45, 7) is 3.03. The third-order valence-electron chi connectivity index (χ3n) is 2.38. The smallest absolute Gasteiger partial charge is 0.372 e. The molecule has 2 rings (SSSR count). The van der Waals surface area contributed by atoms with Crippen LogP contribution in [0, 0.1) is 0 Å². The van der Waals surface area contributed by atoms with Crippen molar-refractivity contribution in [1.82, 2.24) is 4.98 Å². The number of H-pyrrole nitrogens is 1. The second-order valence-corrected chi connectivity index (χ2v) is 3.84. The summed E-state index contributed by atoms with van der Waals surface area (Å²) in [5, 5.41) is 0.386. The number of nitrogens with two attached hydrogens (primary N) is 1. The maximum atomic E-state index is 11.0. The van der Waals surface area contributed by atoms with Gasteiger partial charge in [0, 0.05) is 0 Å². The van der Waals surface area contributed by atoms with Crippen LogP contribution >= 0.6 is 0 Å². The lowest BCUT2D eigenvalue weighted by molar-refractivity contribution is 0.460. The van der Waals surface area contributed by atoms with Crippen molar-refractivity contribution >= 4 is 10.9 Å². The minimum Gasteiger partial charge on any atom is -0.372 e. The number of unbranched alkanes of at least 4 members (excludes halogenated alkanes) is 2. The van der Waals surface area contributed by atoms with Gasteiger partial charge in [0.2, 0.25) is 0 Å². The topological polar surface area (TPSA) is 89.1 Å². The van der Waals surface area contributed by atoms with Crippen molar-refractivity contribution in [3.63, 3.8) is 0 Å². The molecule has 0 radical (unpaired) electrons. The lowest BCUT2D eigenvalue weighted by Crippen LogP contribution is -2.13. The van der Waals surface area contributed by atoms with E-state index in [1.807, 2.05) is 0 Å². The molecule has 0 atom stereocenters. The summed E-state index contributed by atoms with van der Waals surface area (Å²) >= 11 is 0.